The Morgan fingerprint density at radius 2 is 2.00 bits per heavy atom. The number of alkyl halides is 3. The SMILES string of the molecule is CCCOC(=O)N1CCN(C(=O)c2ccc3c(Cl)cc(-c4cnn(CC(F)(F)F)c4)nc3c2)C[C@@H]1C. The molecule has 0 unspecified atom stereocenters. The molecule has 1 aliphatic rings. The summed E-state index contributed by atoms with van der Waals surface area (Å²) >= 11 is 6.42. The van der Waals surface area contributed by atoms with Crippen molar-refractivity contribution in [3.05, 3.63) is 47.2 Å². The Kier molecular flexibility index (Phi) is 7.39. The molecule has 0 spiro atoms. The summed E-state index contributed by atoms with van der Waals surface area (Å²) in [6, 6.07) is 6.31. The highest BCUT2D eigenvalue weighted by Gasteiger charge is 2.31. The van der Waals surface area contributed by atoms with E-state index >= 15 is 0 Å². The van der Waals surface area contributed by atoms with E-state index in [0.717, 1.165) is 11.1 Å². The minimum atomic E-state index is -4.40. The van der Waals surface area contributed by atoms with Crippen LogP contribution in [0.5, 0.6) is 0 Å². The Labute approximate surface area is 210 Å². The van der Waals surface area contributed by atoms with Crippen molar-refractivity contribution >= 4 is 34.5 Å². The van der Waals surface area contributed by atoms with Gasteiger partial charge < -0.3 is 14.5 Å². The topological polar surface area (TPSA) is 80.6 Å². The molecule has 192 valence electrons. The van der Waals surface area contributed by atoms with Gasteiger partial charge in [-0.3, -0.25) is 9.48 Å². The summed E-state index contributed by atoms with van der Waals surface area (Å²) in [6.07, 6.45) is -1.51. The predicted molar refractivity (Wildman–Crippen MR) is 128 cm³/mol. The number of rotatable bonds is 5. The fraction of sp³-hybridized carbons (Fsp3) is 0.417. The van der Waals surface area contributed by atoms with Gasteiger partial charge in [0.25, 0.3) is 5.91 Å². The number of fused-ring (bicyclic) bond motifs is 1. The maximum Gasteiger partial charge on any atom is 0.410 e. The standard InChI is InChI=1S/C24H25ClF3N5O3/c1-3-8-36-23(35)33-7-6-31(12-15(33)2)22(34)16-4-5-18-19(25)10-20(30-21(18)9-16)17-11-29-32(13-17)14-24(26,27)28/h4-5,9-11,13,15H,3,6-8,12,14H2,1-2H3/t15-/m0/s1. The summed E-state index contributed by atoms with van der Waals surface area (Å²) in [7, 11) is 0. The van der Waals surface area contributed by atoms with Crippen LogP contribution >= 0.6 is 11.6 Å². The minimum absolute atomic E-state index is 0.208. The lowest BCUT2D eigenvalue weighted by atomic mass is 10.1. The van der Waals surface area contributed by atoms with Gasteiger partial charge in [-0.25, -0.2) is 9.78 Å². The highest BCUT2D eigenvalue weighted by molar-refractivity contribution is 6.35. The fourth-order valence-electron chi connectivity index (χ4n) is 4.10. The maximum atomic E-state index is 13.2. The Balaban J connectivity index is 1.54. The summed E-state index contributed by atoms with van der Waals surface area (Å²) in [6.45, 7) is 3.98. The molecule has 0 bridgehead atoms. The number of halogens is 4. The third-order valence-corrected chi connectivity index (χ3v) is 6.17. The first-order valence-electron chi connectivity index (χ1n) is 11.5. The van der Waals surface area contributed by atoms with Crippen LogP contribution in [0.1, 0.15) is 30.6 Å². The molecule has 1 saturated heterocycles. The number of nitrogens with zero attached hydrogens (tertiary/aromatic N) is 5. The van der Waals surface area contributed by atoms with Gasteiger partial charge in [0.1, 0.15) is 6.54 Å². The van der Waals surface area contributed by atoms with Crippen molar-refractivity contribution in [2.45, 2.75) is 39.0 Å². The van der Waals surface area contributed by atoms with E-state index in [9.17, 15) is 22.8 Å². The van der Waals surface area contributed by atoms with E-state index in [-0.39, 0.29) is 18.0 Å². The molecule has 0 saturated carbocycles. The van der Waals surface area contributed by atoms with Crippen LogP contribution in [0.4, 0.5) is 18.0 Å². The van der Waals surface area contributed by atoms with E-state index in [1.165, 1.54) is 12.4 Å². The van der Waals surface area contributed by atoms with E-state index in [1.807, 2.05) is 13.8 Å². The molecule has 0 aliphatic carbocycles. The summed E-state index contributed by atoms with van der Waals surface area (Å²) in [5.41, 5.74) is 1.55. The van der Waals surface area contributed by atoms with Crippen molar-refractivity contribution in [3.63, 3.8) is 0 Å². The third kappa shape index (κ3) is 5.72. The minimum Gasteiger partial charge on any atom is -0.449 e. The van der Waals surface area contributed by atoms with Gasteiger partial charge in [-0.1, -0.05) is 24.6 Å². The van der Waals surface area contributed by atoms with Crippen LogP contribution in [0.25, 0.3) is 22.2 Å². The van der Waals surface area contributed by atoms with Gasteiger partial charge in [0.15, 0.2) is 0 Å². The number of piperazine rings is 1. The van der Waals surface area contributed by atoms with Crippen LogP contribution in [0.3, 0.4) is 0 Å². The largest absolute Gasteiger partial charge is 0.449 e. The van der Waals surface area contributed by atoms with Gasteiger partial charge in [0, 0.05) is 48.4 Å². The molecule has 0 radical (unpaired) electrons. The summed E-state index contributed by atoms with van der Waals surface area (Å²) in [5.74, 6) is -0.216. The lowest BCUT2D eigenvalue weighted by molar-refractivity contribution is -0.142. The Hall–Kier alpha value is -3.34. The third-order valence-electron chi connectivity index (χ3n) is 5.86. The number of amides is 2. The number of pyridine rings is 1. The molecule has 8 nitrogen and oxygen atoms in total. The number of hydrogen-bond acceptors (Lipinski definition) is 5. The number of aromatic nitrogens is 3. The zero-order valence-electron chi connectivity index (χ0n) is 19.8. The lowest BCUT2D eigenvalue weighted by Gasteiger charge is -2.39. The van der Waals surface area contributed by atoms with Crippen molar-refractivity contribution in [2.75, 3.05) is 26.2 Å². The second kappa shape index (κ2) is 10.3. The van der Waals surface area contributed by atoms with Crippen LogP contribution in [0.15, 0.2) is 36.7 Å². The van der Waals surface area contributed by atoms with Crippen molar-refractivity contribution in [2.24, 2.45) is 0 Å². The Bertz CT molecular complexity index is 1280. The van der Waals surface area contributed by atoms with Crippen LogP contribution < -0.4 is 0 Å². The van der Waals surface area contributed by atoms with Gasteiger partial charge in [-0.05, 0) is 31.5 Å². The van der Waals surface area contributed by atoms with E-state index in [4.69, 9.17) is 16.3 Å². The second-order valence-electron chi connectivity index (χ2n) is 8.67. The monoisotopic (exact) mass is 523 g/mol. The van der Waals surface area contributed by atoms with Crippen molar-refractivity contribution in [3.8, 4) is 11.3 Å². The summed E-state index contributed by atoms with van der Waals surface area (Å²) in [5, 5.41) is 4.71. The van der Waals surface area contributed by atoms with Crippen LogP contribution in [0.2, 0.25) is 5.02 Å². The van der Waals surface area contributed by atoms with Gasteiger partial charge >= 0.3 is 12.3 Å². The molecule has 2 amide bonds. The molecule has 1 aromatic carbocycles. The van der Waals surface area contributed by atoms with Crippen LogP contribution in [-0.4, -0.2) is 75.0 Å². The van der Waals surface area contributed by atoms with Crippen molar-refractivity contribution in [1.29, 1.82) is 0 Å². The zero-order valence-corrected chi connectivity index (χ0v) is 20.5. The fourth-order valence-corrected chi connectivity index (χ4v) is 4.36. The molecular formula is C24H25ClF3N5O3. The number of benzene rings is 1. The van der Waals surface area contributed by atoms with Crippen LogP contribution in [-0.2, 0) is 11.3 Å². The number of carbonyl (C=O) groups is 2. The predicted octanol–water partition coefficient (Wildman–Crippen LogP) is 5.01. The molecule has 1 atom stereocenters. The first-order chi connectivity index (χ1) is 17.1. The lowest BCUT2D eigenvalue weighted by Crippen LogP contribution is -2.55. The number of hydrogen-bond donors (Lipinski definition) is 0. The van der Waals surface area contributed by atoms with Gasteiger partial charge in [-0.15, -0.1) is 0 Å². The van der Waals surface area contributed by atoms with Crippen LogP contribution in [0, 0.1) is 0 Å². The Morgan fingerprint density at radius 3 is 2.69 bits per heavy atom. The number of ether oxygens (including phenoxy) is 1. The molecule has 36 heavy (non-hydrogen) atoms. The maximum absolute atomic E-state index is 13.2. The average molecular weight is 524 g/mol. The molecule has 4 rings (SSSR count). The quantitative estimate of drug-likeness (QED) is 0.470. The van der Waals surface area contributed by atoms with E-state index < -0.39 is 12.7 Å². The number of carbonyl (C=O) groups excluding carboxylic acids is 2. The van der Waals surface area contributed by atoms with E-state index in [0.29, 0.717) is 59.0 Å². The molecule has 2 aromatic heterocycles. The molecule has 0 N–H and O–H groups in total. The van der Waals surface area contributed by atoms with Crippen molar-refractivity contribution < 1.29 is 27.5 Å². The van der Waals surface area contributed by atoms with Gasteiger partial charge in [-0.2, -0.15) is 18.3 Å². The van der Waals surface area contributed by atoms with Crippen molar-refractivity contribution in [1.82, 2.24) is 24.6 Å². The van der Waals surface area contributed by atoms with E-state index in [1.54, 1.807) is 34.1 Å². The highest BCUT2D eigenvalue weighted by atomic mass is 35.5. The molecule has 1 aliphatic heterocycles. The summed E-state index contributed by atoms with van der Waals surface area (Å²) in [4.78, 5) is 33.3. The molecule has 3 aromatic rings. The molecular weight excluding hydrogens is 499 g/mol. The average Bonchev–Trinajstić information content (AvgIpc) is 3.28. The first-order valence-corrected chi connectivity index (χ1v) is 11.9. The highest BCUT2D eigenvalue weighted by Crippen LogP contribution is 2.29. The zero-order chi connectivity index (χ0) is 26.0. The normalized spacial score (nSPS) is 16.4. The molecule has 12 heteroatoms. The smallest absolute Gasteiger partial charge is 0.410 e. The Morgan fingerprint density at radius 1 is 1.22 bits per heavy atom. The first kappa shape index (κ1) is 25.7. The van der Waals surface area contributed by atoms with Gasteiger partial charge in [0.2, 0.25) is 0 Å². The van der Waals surface area contributed by atoms with Gasteiger partial charge in [0.05, 0.1) is 29.0 Å². The molecule has 3 heterocycles. The molecule has 1 fully saturated rings. The van der Waals surface area contributed by atoms with E-state index in [2.05, 4.69) is 10.1 Å². The second-order valence-corrected chi connectivity index (χ2v) is 9.08. The summed E-state index contributed by atoms with van der Waals surface area (Å²) < 4.78 is 44.0.